The third-order valence-corrected chi connectivity index (χ3v) is 4.76. The van der Waals surface area contributed by atoms with Crippen LogP contribution in [0.5, 0.6) is 0 Å². The number of carbonyl (C=O) groups excluding carboxylic acids is 1. The molecule has 1 saturated heterocycles. The Bertz CT molecular complexity index is 634. The van der Waals surface area contributed by atoms with Crippen molar-refractivity contribution in [2.45, 2.75) is 44.8 Å². The molecule has 2 aromatic carbocycles. The van der Waals surface area contributed by atoms with Crippen LogP contribution in [-0.4, -0.2) is 30.3 Å². The number of piperidine rings is 1. The van der Waals surface area contributed by atoms with Crippen LogP contribution in [0.15, 0.2) is 60.7 Å². The summed E-state index contributed by atoms with van der Waals surface area (Å²) in [5.41, 5.74) is 0.794. The van der Waals surface area contributed by atoms with Crippen LogP contribution in [0.4, 0.5) is 0 Å². The van der Waals surface area contributed by atoms with Gasteiger partial charge in [-0.1, -0.05) is 60.7 Å². The summed E-state index contributed by atoms with van der Waals surface area (Å²) in [7, 11) is 0. The van der Waals surface area contributed by atoms with Gasteiger partial charge in [-0.2, -0.15) is 0 Å². The zero-order valence-electron chi connectivity index (χ0n) is 16.5. The van der Waals surface area contributed by atoms with E-state index in [4.69, 9.17) is 0 Å². The molecule has 4 heteroatoms. The highest BCUT2D eigenvalue weighted by atomic mass is 16.5. The Balaban J connectivity index is 0.000000321. The fourth-order valence-electron chi connectivity index (χ4n) is 3.41. The van der Waals surface area contributed by atoms with Crippen molar-refractivity contribution < 1.29 is 14.6 Å². The molecule has 0 atom stereocenters. The molecule has 0 aromatic heterocycles. The van der Waals surface area contributed by atoms with Crippen molar-refractivity contribution in [3.05, 3.63) is 71.8 Å². The largest absolute Gasteiger partial charge is 0.462 e. The number of aliphatic hydroxyl groups is 1. The standard InChI is InChI=1S/C18H21NO.C5H10O2/c20-18(15-7-3-1-4-8-15,16-9-5-2-6-10-16)17-11-13-19-14-12-17;1-5(2,3)7-4-6/h1-10,17,19-20H,11-14H2;4H,1-3H3. The van der Waals surface area contributed by atoms with Crippen molar-refractivity contribution in [2.24, 2.45) is 5.92 Å². The molecule has 4 nitrogen and oxygen atoms in total. The summed E-state index contributed by atoms with van der Waals surface area (Å²) >= 11 is 0. The first-order valence-electron chi connectivity index (χ1n) is 9.53. The van der Waals surface area contributed by atoms with E-state index in [1.807, 2.05) is 81.4 Å². The molecule has 3 rings (SSSR count). The molecule has 0 spiro atoms. The predicted octanol–water partition coefficient (Wildman–Crippen LogP) is 3.88. The van der Waals surface area contributed by atoms with Gasteiger partial charge in [0.15, 0.2) is 0 Å². The van der Waals surface area contributed by atoms with Crippen molar-refractivity contribution in [3.8, 4) is 0 Å². The second-order valence-corrected chi connectivity index (χ2v) is 7.85. The molecular formula is C23H31NO3. The second kappa shape index (κ2) is 9.67. The molecule has 0 bridgehead atoms. The highest BCUT2D eigenvalue weighted by Gasteiger charge is 2.40. The van der Waals surface area contributed by atoms with E-state index >= 15 is 0 Å². The molecule has 2 aromatic rings. The third-order valence-electron chi connectivity index (χ3n) is 4.76. The highest BCUT2D eigenvalue weighted by Crippen LogP contribution is 2.40. The minimum absolute atomic E-state index is 0.258. The van der Waals surface area contributed by atoms with E-state index in [9.17, 15) is 9.90 Å². The van der Waals surface area contributed by atoms with Crippen molar-refractivity contribution in [1.29, 1.82) is 0 Å². The van der Waals surface area contributed by atoms with Crippen LogP contribution < -0.4 is 5.32 Å². The summed E-state index contributed by atoms with van der Waals surface area (Å²) in [6, 6.07) is 20.2. The van der Waals surface area contributed by atoms with Gasteiger partial charge in [-0.25, -0.2) is 0 Å². The predicted molar refractivity (Wildman–Crippen MR) is 108 cm³/mol. The van der Waals surface area contributed by atoms with Crippen molar-refractivity contribution in [1.82, 2.24) is 5.32 Å². The van der Waals surface area contributed by atoms with Gasteiger partial charge in [0.2, 0.25) is 0 Å². The van der Waals surface area contributed by atoms with Gasteiger partial charge in [0.25, 0.3) is 6.47 Å². The van der Waals surface area contributed by atoms with E-state index in [1.165, 1.54) is 0 Å². The molecule has 0 amide bonds. The normalized spacial score (nSPS) is 15.4. The van der Waals surface area contributed by atoms with Crippen LogP contribution >= 0.6 is 0 Å². The minimum Gasteiger partial charge on any atom is -0.462 e. The van der Waals surface area contributed by atoms with Gasteiger partial charge in [-0.05, 0) is 63.7 Å². The molecule has 0 unspecified atom stereocenters. The zero-order chi connectivity index (χ0) is 19.8. The summed E-state index contributed by atoms with van der Waals surface area (Å²) in [5, 5.41) is 14.9. The number of benzene rings is 2. The van der Waals surface area contributed by atoms with Gasteiger partial charge in [-0.3, -0.25) is 4.79 Å². The van der Waals surface area contributed by atoms with Crippen LogP contribution in [0.25, 0.3) is 0 Å². The molecule has 2 N–H and O–H groups in total. The first kappa shape index (κ1) is 21.1. The Morgan fingerprint density at radius 1 is 0.926 bits per heavy atom. The summed E-state index contributed by atoms with van der Waals surface area (Å²) < 4.78 is 4.55. The van der Waals surface area contributed by atoms with Crippen LogP contribution in [0.1, 0.15) is 44.7 Å². The quantitative estimate of drug-likeness (QED) is 0.803. The molecule has 27 heavy (non-hydrogen) atoms. The van der Waals surface area contributed by atoms with Crippen LogP contribution in [-0.2, 0) is 15.1 Å². The lowest BCUT2D eigenvalue weighted by atomic mass is 9.72. The SMILES string of the molecule is CC(C)(C)OC=O.OC(c1ccccc1)(c1ccccc1)C1CCNCC1. The Kier molecular flexibility index (Phi) is 7.57. The first-order chi connectivity index (χ1) is 12.9. The summed E-state index contributed by atoms with van der Waals surface area (Å²) in [6.07, 6.45) is 2.00. The van der Waals surface area contributed by atoms with Gasteiger partial charge < -0.3 is 15.2 Å². The second-order valence-electron chi connectivity index (χ2n) is 7.85. The lowest BCUT2D eigenvalue weighted by Gasteiger charge is -2.39. The molecule has 0 radical (unpaired) electrons. The lowest BCUT2D eigenvalue weighted by Crippen LogP contribution is -2.42. The first-order valence-corrected chi connectivity index (χ1v) is 9.53. The number of hydrogen-bond acceptors (Lipinski definition) is 4. The van der Waals surface area contributed by atoms with Gasteiger partial charge in [-0.15, -0.1) is 0 Å². The van der Waals surface area contributed by atoms with Crippen LogP contribution in [0.3, 0.4) is 0 Å². The molecule has 0 aliphatic carbocycles. The molecule has 1 fully saturated rings. The maximum atomic E-state index is 11.6. The van der Waals surface area contributed by atoms with E-state index in [0.717, 1.165) is 37.1 Å². The number of carbonyl (C=O) groups is 1. The van der Waals surface area contributed by atoms with E-state index < -0.39 is 5.60 Å². The fraction of sp³-hybridized carbons (Fsp3) is 0.435. The van der Waals surface area contributed by atoms with Gasteiger partial charge in [0.05, 0.1) is 0 Å². The molecule has 1 aliphatic rings. The van der Waals surface area contributed by atoms with E-state index in [2.05, 4.69) is 10.1 Å². The molecule has 1 heterocycles. The highest BCUT2D eigenvalue weighted by molar-refractivity contribution is 5.38. The van der Waals surface area contributed by atoms with Crippen molar-refractivity contribution in [2.75, 3.05) is 13.1 Å². The maximum Gasteiger partial charge on any atom is 0.293 e. The van der Waals surface area contributed by atoms with Crippen LogP contribution in [0, 0.1) is 5.92 Å². The number of ether oxygens (including phenoxy) is 1. The fourth-order valence-corrected chi connectivity index (χ4v) is 3.41. The topological polar surface area (TPSA) is 58.6 Å². The van der Waals surface area contributed by atoms with Gasteiger partial charge in [0.1, 0.15) is 11.2 Å². The van der Waals surface area contributed by atoms with E-state index in [0.29, 0.717) is 6.47 Å². The monoisotopic (exact) mass is 369 g/mol. The number of nitrogens with one attached hydrogen (secondary N) is 1. The summed E-state index contributed by atoms with van der Waals surface area (Å²) in [4.78, 5) is 9.60. The van der Waals surface area contributed by atoms with Gasteiger partial charge in [0, 0.05) is 0 Å². The molecule has 146 valence electrons. The van der Waals surface area contributed by atoms with E-state index in [-0.39, 0.29) is 11.5 Å². The Labute approximate surface area is 162 Å². The maximum absolute atomic E-state index is 11.6. The lowest BCUT2D eigenvalue weighted by molar-refractivity contribution is -0.138. The average molecular weight is 370 g/mol. The zero-order valence-corrected chi connectivity index (χ0v) is 16.5. The minimum atomic E-state index is -0.884. The molecule has 1 aliphatic heterocycles. The third kappa shape index (κ3) is 5.91. The van der Waals surface area contributed by atoms with Crippen LogP contribution in [0.2, 0.25) is 0 Å². The van der Waals surface area contributed by atoms with Crippen molar-refractivity contribution >= 4 is 6.47 Å². The van der Waals surface area contributed by atoms with Crippen molar-refractivity contribution in [3.63, 3.8) is 0 Å². The number of rotatable bonds is 4. The Morgan fingerprint density at radius 2 is 1.37 bits per heavy atom. The Morgan fingerprint density at radius 3 is 1.70 bits per heavy atom. The average Bonchev–Trinajstić information content (AvgIpc) is 2.69. The molecular weight excluding hydrogens is 338 g/mol. The Hall–Kier alpha value is -2.17. The number of hydrogen-bond donors (Lipinski definition) is 2. The van der Waals surface area contributed by atoms with E-state index in [1.54, 1.807) is 0 Å². The molecule has 0 saturated carbocycles. The summed E-state index contributed by atoms with van der Waals surface area (Å²) in [6.45, 7) is 7.88. The van der Waals surface area contributed by atoms with Gasteiger partial charge >= 0.3 is 0 Å². The smallest absolute Gasteiger partial charge is 0.293 e. The summed E-state index contributed by atoms with van der Waals surface area (Å²) in [5.74, 6) is 0.258.